The summed E-state index contributed by atoms with van der Waals surface area (Å²) in [6, 6.07) is 0. The number of hydrogen-bond donors (Lipinski definition) is 2. The summed E-state index contributed by atoms with van der Waals surface area (Å²) in [7, 11) is 0. The molecule has 0 unspecified atom stereocenters. The van der Waals surface area contributed by atoms with Gasteiger partial charge in [-0.05, 0) is 50.4 Å². The molecule has 0 aromatic carbocycles. The summed E-state index contributed by atoms with van der Waals surface area (Å²) in [5.41, 5.74) is 10.3. The molecule has 4 saturated carbocycles. The summed E-state index contributed by atoms with van der Waals surface area (Å²) in [6.07, 6.45) is 5.30. The second-order valence-corrected chi connectivity index (χ2v) is 6.25. The Balaban J connectivity index is 0.00000108. The van der Waals surface area contributed by atoms with Gasteiger partial charge in [-0.2, -0.15) is 0 Å². The number of amides is 2. The van der Waals surface area contributed by atoms with E-state index in [1.165, 1.54) is 0 Å². The van der Waals surface area contributed by atoms with Crippen LogP contribution in [0.4, 0.5) is 0 Å². The molecule has 4 aliphatic carbocycles. The van der Waals surface area contributed by atoms with Gasteiger partial charge in [0.1, 0.15) is 0 Å². The van der Waals surface area contributed by atoms with Gasteiger partial charge >= 0.3 is 0 Å². The normalized spacial score (nSPS) is 46.4. The number of carbonyl (C=O) groups is 2. The fourth-order valence-electron chi connectivity index (χ4n) is 4.84. The Morgan fingerprint density at radius 3 is 1.53 bits per heavy atom. The topological polar surface area (TPSA) is 86.2 Å². The minimum atomic E-state index is -0.418. The van der Waals surface area contributed by atoms with Crippen molar-refractivity contribution in [3.63, 3.8) is 0 Å². The van der Waals surface area contributed by atoms with E-state index in [0.717, 1.165) is 32.1 Å². The first-order valence-corrected chi connectivity index (χ1v) is 6.06. The van der Waals surface area contributed by atoms with Crippen LogP contribution in [0.15, 0.2) is 0 Å². The maximum Gasteiger partial charge on any atom is 0.223 e. The highest BCUT2D eigenvalue weighted by Gasteiger charge is 2.62. The number of halogens is 1. The van der Waals surface area contributed by atoms with E-state index in [-0.39, 0.29) is 24.2 Å². The van der Waals surface area contributed by atoms with E-state index in [4.69, 9.17) is 11.5 Å². The first-order valence-electron chi connectivity index (χ1n) is 6.06. The van der Waals surface area contributed by atoms with Crippen molar-refractivity contribution in [1.29, 1.82) is 0 Å². The molecule has 4 aliphatic rings. The van der Waals surface area contributed by atoms with E-state index >= 15 is 0 Å². The van der Waals surface area contributed by atoms with Crippen molar-refractivity contribution in [3.8, 4) is 0 Å². The molecular formula is C12H19ClN2O2. The lowest BCUT2D eigenvalue weighted by Crippen LogP contribution is -2.60. The van der Waals surface area contributed by atoms with Crippen molar-refractivity contribution in [2.24, 2.45) is 34.1 Å². The first-order chi connectivity index (χ1) is 7.46. The Kier molecular flexibility index (Phi) is 2.69. The second-order valence-electron chi connectivity index (χ2n) is 6.25. The van der Waals surface area contributed by atoms with Gasteiger partial charge in [0.05, 0.1) is 10.8 Å². The third kappa shape index (κ3) is 1.57. The monoisotopic (exact) mass is 258 g/mol. The Morgan fingerprint density at radius 2 is 1.24 bits per heavy atom. The molecule has 0 radical (unpaired) electrons. The van der Waals surface area contributed by atoms with Crippen molar-refractivity contribution in [2.75, 3.05) is 0 Å². The van der Waals surface area contributed by atoms with Gasteiger partial charge in [-0.25, -0.2) is 0 Å². The summed E-state index contributed by atoms with van der Waals surface area (Å²) in [5, 5.41) is 0. The third-order valence-electron chi connectivity index (χ3n) is 5.11. The van der Waals surface area contributed by atoms with Crippen molar-refractivity contribution >= 4 is 24.2 Å². The SMILES string of the molecule is Cl.NC(=O)C12CC3CC(C1)CC(C(N)=O)(C3)C2. The molecule has 96 valence electrons. The van der Waals surface area contributed by atoms with Gasteiger partial charge in [0.15, 0.2) is 0 Å². The van der Waals surface area contributed by atoms with Crippen LogP contribution in [-0.2, 0) is 9.59 Å². The molecule has 0 aromatic rings. The van der Waals surface area contributed by atoms with Gasteiger partial charge in [0.2, 0.25) is 11.8 Å². The zero-order valence-electron chi connectivity index (χ0n) is 9.78. The quantitative estimate of drug-likeness (QED) is 0.773. The molecule has 4 bridgehead atoms. The van der Waals surface area contributed by atoms with Crippen molar-refractivity contribution < 1.29 is 9.59 Å². The van der Waals surface area contributed by atoms with Gasteiger partial charge in [-0.15, -0.1) is 12.4 Å². The molecule has 0 spiro atoms. The van der Waals surface area contributed by atoms with Crippen LogP contribution in [0.3, 0.4) is 0 Å². The fourth-order valence-corrected chi connectivity index (χ4v) is 4.84. The lowest BCUT2D eigenvalue weighted by Gasteiger charge is -2.59. The van der Waals surface area contributed by atoms with Crippen molar-refractivity contribution in [2.45, 2.75) is 38.5 Å². The second kappa shape index (κ2) is 3.61. The summed E-state index contributed by atoms with van der Waals surface area (Å²) < 4.78 is 0. The largest absolute Gasteiger partial charge is 0.369 e. The molecule has 4 fully saturated rings. The average molecular weight is 259 g/mol. The maximum atomic E-state index is 11.7. The molecule has 0 saturated heterocycles. The number of rotatable bonds is 2. The predicted molar refractivity (Wildman–Crippen MR) is 65.2 cm³/mol. The molecule has 0 atom stereocenters. The summed E-state index contributed by atoms with van der Waals surface area (Å²) in [6.45, 7) is 0. The van der Waals surface area contributed by atoms with E-state index < -0.39 is 10.8 Å². The molecule has 17 heavy (non-hydrogen) atoms. The van der Waals surface area contributed by atoms with Gasteiger partial charge in [-0.1, -0.05) is 0 Å². The van der Waals surface area contributed by atoms with Crippen molar-refractivity contribution in [3.05, 3.63) is 0 Å². The standard InChI is InChI=1S/C12H18N2O2.ClH/c13-9(15)11-2-7-1-8(4-11)5-12(3-7,6-11)10(14)16;/h7-8H,1-6H2,(H2,13,15)(H2,14,16);1H. The molecule has 4 N–H and O–H groups in total. The molecule has 4 rings (SSSR count). The fraction of sp³-hybridized carbons (Fsp3) is 0.833. The highest BCUT2D eigenvalue weighted by molar-refractivity contribution is 5.86. The van der Waals surface area contributed by atoms with Crippen LogP contribution in [0, 0.1) is 22.7 Å². The lowest BCUT2D eigenvalue weighted by atomic mass is 9.44. The van der Waals surface area contributed by atoms with Gasteiger partial charge < -0.3 is 11.5 Å². The number of nitrogens with two attached hydrogens (primary N) is 2. The van der Waals surface area contributed by atoms with Crippen LogP contribution in [0.5, 0.6) is 0 Å². The Labute approximate surface area is 107 Å². The molecule has 0 heterocycles. The van der Waals surface area contributed by atoms with E-state index in [0.29, 0.717) is 18.3 Å². The molecule has 4 nitrogen and oxygen atoms in total. The third-order valence-corrected chi connectivity index (χ3v) is 5.11. The number of primary amides is 2. The van der Waals surface area contributed by atoms with Crippen molar-refractivity contribution in [1.82, 2.24) is 0 Å². The lowest BCUT2D eigenvalue weighted by molar-refractivity contribution is -0.163. The average Bonchev–Trinajstić information content (AvgIpc) is 2.14. The molecule has 2 amide bonds. The molecule has 5 heteroatoms. The van der Waals surface area contributed by atoms with Crippen LogP contribution < -0.4 is 11.5 Å². The van der Waals surface area contributed by atoms with Crippen LogP contribution in [0.25, 0.3) is 0 Å². The van der Waals surface area contributed by atoms with Crippen LogP contribution in [0.1, 0.15) is 38.5 Å². The van der Waals surface area contributed by atoms with E-state index in [1.54, 1.807) is 0 Å². The first kappa shape index (κ1) is 12.7. The molecule has 0 aromatic heterocycles. The van der Waals surface area contributed by atoms with Gasteiger partial charge in [-0.3, -0.25) is 9.59 Å². The summed E-state index contributed by atoms with van der Waals surface area (Å²) >= 11 is 0. The Hall–Kier alpha value is -0.770. The predicted octanol–water partition coefficient (Wildman–Crippen LogP) is 0.965. The molecule has 0 aliphatic heterocycles. The number of carbonyl (C=O) groups excluding carboxylic acids is 2. The Bertz CT molecular complexity index is 337. The maximum absolute atomic E-state index is 11.7. The smallest absolute Gasteiger partial charge is 0.223 e. The summed E-state index contributed by atoms with van der Waals surface area (Å²) in [5.74, 6) is 0.543. The minimum Gasteiger partial charge on any atom is -0.369 e. The zero-order valence-corrected chi connectivity index (χ0v) is 10.6. The number of hydrogen-bond acceptors (Lipinski definition) is 2. The minimum absolute atomic E-state index is 0. The summed E-state index contributed by atoms with van der Waals surface area (Å²) in [4.78, 5) is 23.4. The highest BCUT2D eigenvalue weighted by Crippen LogP contribution is 2.64. The van der Waals surface area contributed by atoms with E-state index in [1.807, 2.05) is 0 Å². The highest BCUT2D eigenvalue weighted by atomic mass is 35.5. The van der Waals surface area contributed by atoms with Crippen LogP contribution >= 0.6 is 12.4 Å². The van der Waals surface area contributed by atoms with Gasteiger partial charge in [0.25, 0.3) is 0 Å². The van der Waals surface area contributed by atoms with Crippen LogP contribution in [0.2, 0.25) is 0 Å². The van der Waals surface area contributed by atoms with Gasteiger partial charge in [0, 0.05) is 0 Å². The zero-order chi connectivity index (χ0) is 11.6. The Morgan fingerprint density at radius 1 is 0.882 bits per heavy atom. The molecular weight excluding hydrogens is 240 g/mol. The van der Waals surface area contributed by atoms with Crippen LogP contribution in [-0.4, -0.2) is 11.8 Å². The van der Waals surface area contributed by atoms with E-state index in [9.17, 15) is 9.59 Å². The van der Waals surface area contributed by atoms with E-state index in [2.05, 4.69) is 0 Å².